The molecule has 0 amide bonds. The molecule has 0 saturated heterocycles. The fraction of sp³-hybridized carbons (Fsp3) is 0.667. The van der Waals surface area contributed by atoms with Gasteiger partial charge in [-0.05, 0) is 79.4 Å². The van der Waals surface area contributed by atoms with Gasteiger partial charge < -0.3 is 33.2 Å². The molecule has 47 heavy (non-hydrogen) atoms. The maximum Gasteiger partial charge on any atom is 0.306 e. The lowest BCUT2D eigenvalue weighted by Gasteiger charge is -2.08. The monoisotopic (exact) mass is 666 g/mol. The first-order valence-corrected chi connectivity index (χ1v) is 16.4. The second kappa shape index (κ2) is 30.1. The van der Waals surface area contributed by atoms with Crippen molar-refractivity contribution in [2.75, 3.05) is 66.1 Å². The fourth-order valence-electron chi connectivity index (χ4n) is 3.60. The molecule has 0 aromatic rings. The maximum absolute atomic E-state index is 11.8. The van der Waals surface area contributed by atoms with Crippen LogP contribution in [-0.2, 0) is 52.3 Å². The Kier molecular flexibility index (Phi) is 28.0. The maximum atomic E-state index is 11.8. The molecule has 0 rings (SSSR count). The van der Waals surface area contributed by atoms with Crippen molar-refractivity contribution in [3.05, 3.63) is 46.6 Å². The Morgan fingerprint density at radius 2 is 0.681 bits per heavy atom. The minimum atomic E-state index is -0.486. The highest BCUT2D eigenvalue weighted by molar-refractivity contribution is 5.78. The average molecular weight is 667 g/mol. The number of ether oxygens (including phenoxy) is 7. The molecular formula is C36H58O11. The predicted molar refractivity (Wildman–Crippen MR) is 180 cm³/mol. The SMILES string of the molecule is CC(C)=CCC/C(C)=C/COC(=O)CCC(=O)OCCOCCOCCOCCOC(=O)CCC(=O)OC/C=C(\C)CCC=C(C)C. The molecular weight excluding hydrogens is 608 g/mol. The molecule has 0 spiro atoms. The number of hydrogen-bond donors (Lipinski definition) is 0. The number of allylic oxidation sites excluding steroid dienone is 6. The standard InChI is InChI=1S/C36H58O11/c1-29(2)9-7-11-31(5)17-19-44-33(37)13-15-35(39)46-27-25-42-23-21-41-22-24-43-26-28-47-36(40)16-14-34(38)45-20-18-32(6)12-8-10-30(3)4/h9-10,17-18H,7-8,11-16,19-28H2,1-6H3/b31-17+,32-18+. The first-order chi connectivity index (χ1) is 22.5. The summed E-state index contributed by atoms with van der Waals surface area (Å²) in [5.41, 5.74) is 4.86. The highest BCUT2D eigenvalue weighted by Crippen LogP contribution is 2.08. The topological polar surface area (TPSA) is 133 Å². The van der Waals surface area contributed by atoms with E-state index in [0.717, 1.165) is 36.8 Å². The van der Waals surface area contributed by atoms with Gasteiger partial charge in [0.2, 0.25) is 0 Å². The first kappa shape index (κ1) is 43.7. The van der Waals surface area contributed by atoms with Gasteiger partial charge in [-0.15, -0.1) is 0 Å². The summed E-state index contributed by atoms with van der Waals surface area (Å²) in [7, 11) is 0. The molecule has 0 unspecified atom stereocenters. The zero-order valence-corrected chi connectivity index (χ0v) is 29.5. The van der Waals surface area contributed by atoms with Crippen molar-refractivity contribution in [1.82, 2.24) is 0 Å². The van der Waals surface area contributed by atoms with Crippen LogP contribution in [0.3, 0.4) is 0 Å². The zero-order valence-electron chi connectivity index (χ0n) is 29.5. The van der Waals surface area contributed by atoms with Gasteiger partial charge in [0.05, 0.1) is 65.3 Å². The number of rotatable bonds is 28. The van der Waals surface area contributed by atoms with Crippen molar-refractivity contribution in [1.29, 1.82) is 0 Å². The molecule has 0 atom stereocenters. The fourth-order valence-corrected chi connectivity index (χ4v) is 3.60. The van der Waals surface area contributed by atoms with Crippen molar-refractivity contribution in [3.63, 3.8) is 0 Å². The molecule has 11 nitrogen and oxygen atoms in total. The predicted octanol–water partition coefficient (Wildman–Crippen LogP) is 6.15. The molecule has 11 heteroatoms. The van der Waals surface area contributed by atoms with Gasteiger partial charge in [0.25, 0.3) is 0 Å². The summed E-state index contributed by atoms with van der Waals surface area (Å²) in [6.07, 6.45) is 11.7. The Hall–Kier alpha value is -3.28. The molecule has 0 saturated carbocycles. The van der Waals surface area contributed by atoms with E-state index in [9.17, 15) is 19.2 Å². The van der Waals surface area contributed by atoms with Gasteiger partial charge in [-0.25, -0.2) is 0 Å². The smallest absolute Gasteiger partial charge is 0.306 e. The van der Waals surface area contributed by atoms with E-state index in [0.29, 0.717) is 26.4 Å². The molecule has 0 aliphatic heterocycles. The highest BCUT2D eigenvalue weighted by atomic mass is 16.6. The number of hydrogen-bond acceptors (Lipinski definition) is 11. The summed E-state index contributed by atoms with van der Waals surface area (Å²) in [4.78, 5) is 47.2. The second-order valence-electron chi connectivity index (χ2n) is 11.4. The molecule has 0 aromatic carbocycles. The van der Waals surface area contributed by atoms with Gasteiger partial charge in [-0.1, -0.05) is 34.4 Å². The third-order valence-electron chi connectivity index (χ3n) is 6.33. The van der Waals surface area contributed by atoms with Crippen molar-refractivity contribution in [2.45, 2.75) is 92.9 Å². The van der Waals surface area contributed by atoms with Crippen LogP contribution in [0.4, 0.5) is 0 Å². The van der Waals surface area contributed by atoms with Crippen LogP contribution in [0, 0.1) is 0 Å². The van der Waals surface area contributed by atoms with E-state index in [1.54, 1.807) is 0 Å². The highest BCUT2D eigenvalue weighted by Gasteiger charge is 2.10. The molecule has 0 bridgehead atoms. The lowest BCUT2D eigenvalue weighted by Crippen LogP contribution is -2.16. The Labute approximate surface area is 281 Å². The normalized spacial score (nSPS) is 11.4. The summed E-state index contributed by atoms with van der Waals surface area (Å²) >= 11 is 0. The number of carbonyl (C=O) groups is 4. The molecule has 0 aliphatic rings. The third-order valence-corrected chi connectivity index (χ3v) is 6.33. The molecule has 0 aliphatic carbocycles. The van der Waals surface area contributed by atoms with Crippen molar-refractivity contribution in [3.8, 4) is 0 Å². The van der Waals surface area contributed by atoms with Crippen molar-refractivity contribution in [2.24, 2.45) is 0 Å². The van der Waals surface area contributed by atoms with E-state index in [2.05, 4.69) is 39.8 Å². The molecule has 0 aromatic heterocycles. The third kappa shape index (κ3) is 32.5. The summed E-state index contributed by atoms with van der Waals surface area (Å²) in [6, 6.07) is 0. The van der Waals surface area contributed by atoms with Gasteiger partial charge in [-0.2, -0.15) is 0 Å². The van der Waals surface area contributed by atoms with E-state index in [4.69, 9.17) is 33.2 Å². The summed E-state index contributed by atoms with van der Waals surface area (Å²) in [5, 5.41) is 0. The number of carbonyl (C=O) groups excluding carboxylic acids is 4. The van der Waals surface area contributed by atoms with E-state index in [1.807, 2.05) is 26.0 Å². The van der Waals surface area contributed by atoms with Crippen LogP contribution in [0.15, 0.2) is 46.6 Å². The average Bonchev–Trinajstić information content (AvgIpc) is 3.00. The van der Waals surface area contributed by atoms with E-state index >= 15 is 0 Å². The largest absolute Gasteiger partial charge is 0.463 e. The van der Waals surface area contributed by atoms with E-state index in [1.165, 1.54) is 11.1 Å². The molecule has 0 fully saturated rings. The lowest BCUT2D eigenvalue weighted by molar-refractivity contribution is -0.150. The van der Waals surface area contributed by atoms with Gasteiger partial charge >= 0.3 is 23.9 Å². The zero-order chi connectivity index (χ0) is 35.1. The van der Waals surface area contributed by atoms with E-state index < -0.39 is 23.9 Å². The Morgan fingerprint density at radius 1 is 0.383 bits per heavy atom. The Bertz CT molecular complexity index is 936. The first-order valence-electron chi connectivity index (χ1n) is 16.4. The molecule has 0 heterocycles. The molecule has 0 radical (unpaired) electrons. The van der Waals surface area contributed by atoms with E-state index in [-0.39, 0.29) is 65.3 Å². The van der Waals surface area contributed by atoms with Crippen LogP contribution >= 0.6 is 0 Å². The van der Waals surface area contributed by atoms with Gasteiger partial charge in [0, 0.05) is 0 Å². The van der Waals surface area contributed by atoms with Crippen LogP contribution < -0.4 is 0 Å². The van der Waals surface area contributed by atoms with Crippen LogP contribution in [0.2, 0.25) is 0 Å². The van der Waals surface area contributed by atoms with Crippen LogP contribution in [0.25, 0.3) is 0 Å². The van der Waals surface area contributed by atoms with Gasteiger partial charge in [0.1, 0.15) is 26.4 Å². The van der Waals surface area contributed by atoms with Crippen LogP contribution in [0.1, 0.15) is 92.9 Å². The molecule has 268 valence electrons. The molecule has 0 N–H and O–H groups in total. The Morgan fingerprint density at radius 3 is 1.00 bits per heavy atom. The second-order valence-corrected chi connectivity index (χ2v) is 11.4. The summed E-state index contributed by atoms with van der Waals surface area (Å²) < 4.78 is 36.5. The van der Waals surface area contributed by atoms with Gasteiger partial charge in [-0.3, -0.25) is 19.2 Å². The van der Waals surface area contributed by atoms with Crippen molar-refractivity contribution < 1.29 is 52.3 Å². The number of esters is 4. The van der Waals surface area contributed by atoms with Crippen LogP contribution in [0.5, 0.6) is 0 Å². The summed E-state index contributed by atoms with van der Waals surface area (Å²) in [5.74, 6) is -1.85. The van der Waals surface area contributed by atoms with Gasteiger partial charge in [0.15, 0.2) is 0 Å². The Balaban J connectivity index is 3.58. The minimum absolute atomic E-state index is 0.0328. The van der Waals surface area contributed by atoms with Crippen LogP contribution in [-0.4, -0.2) is 89.9 Å². The van der Waals surface area contributed by atoms with Crippen molar-refractivity contribution >= 4 is 23.9 Å². The quantitative estimate of drug-likeness (QED) is 0.0412. The minimum Gasteiger partial charge on any atom is -0.463 e. The lowest BCUT2D eigenvalue weighted by atomic mass is 10.1. The summed E-state index contributed by atoms with van der Waals surface area (Å²) in [6.45, 7) is 14.5.